The highest BCUT2D eigenvalue weighted by Crippen LogP contribution is 2.44. The minimum atomic E-state index is -4.26. The first-order valence-electron chi connectivity index (χ1n) is 15.2. The van der Waals surface area contributed by atoms with Crippen molar-refractivity contribution in [1.29, 1.82) is 0 Å². The molecule has 1 fully saturated rings. The van der Waals surface area contributed by atoms with Crippen LogP contribution in [0, 0.1) is 0 Å². The highest BCUT2D eigenvalue weighted by Gasteiger charge is 2.37. The first-order valence-corrected chi connectivity index (χ1v) is 17.8. The number of hydrogen-bond acceptors (Lipinski definition) is 8. The number of pyridine rings is 1. The molecule has 6 rings (SSSR count). The maximum Gasteiger partial charge on any atom is 0.410 e. The highest BCUT2D eigenvalue weighted by molar-refractivity contribution is 9.10. The summed E-state index contributed by atoms with van der Waals surface area (Å²) in [6, 6.07) is 12.7. The normalized spacial score (nSPS) is 16.4. The lowest BCUT2D eigenvalue weighted by atomic mass is 9.99. The number of nitrogens with zero attached hydrogens (tertiary/aromatic N) is 4. The third kappa shape index (κ3) is 6.36. The standard InChI is InChI=1S/C33H33BrClN5O7S/c1-33(2,3)47-32(43)39-13-11-38(12-14-39)31(42)27-16-19-15-21(35)17-24(28(19)46-27)23-9-10-37-29-25(23)18-26(30(41)36-4)40(29)48(44,45)22-7-5-20(34)6-8-22/h5-10,15,17-18,27H,11-14,16H2,1-4H3,(H,36,41). The lowest BCUT2D eigenvalue weighted by Gasteiger charge is -2.36. The Hall–Kier alpha value is -4.14. The second kappa shape index (κ2) is 12.7. The highest BCUT2D eigenvalue weighted by atomic mass is 79.9. The van der Waals surface area contributed by atoms with E-state index in [1.165, 1.54) is 31.4 Å². The Morgan fingerprint density at radius 1 is 1.00 bits per heavy atom. The van der Waals surface area contributed by atoms with E-state index in [0.29, 0.717) is 63.5 Å². The van der Waals surface area contributed by atoms with Crippen molar-refractivity contribution >= 4 is 66.5 Å². The lowest BCUT2D eigenvalue weighted by molar-refractivity contribution is -0.139. The molecule has 2 aliphatic heterocycles. The van der Waals surface area contributed by atoms with Crippen LogP contribution in [0.5, 0.6) is 5.75 Å². The Bertz CT molecular complexity index is 2050. The molecule has 48 heavy (non-hydrogen) atoms. The van der Waals surface area contributed by atoms with Gasteiger partial charge in [-0.25, -0.2) is 22.2 Å². The molecule has 0 bridgehead atoms. The summed E-state index contributed by atoms with van der Waals surface area (Å²) in [4.78, 5) is 46.8. The van der Waals surface area contributed by atoms with Crippen LogP contribution < -0.4 is 10.1 Å². The van der Waals surface area contributed by atoms with Crippen LogP contribution in [0.1, 0.15) is 36.8 Å². The number of amides is 3. The van der Waals surface area contributed by atoms with Crippen LogP contribution in [0.4, 0.5) is 4.79 Å². The molecule has 1 atom stereocenters. The van der Waals surface area contributed by atoms with Gasteiger partial charge >= 0.3 is 6.09 Å². The van der Waals surface area contributed by atoms with Crippen LogP contribution in [0.3, 0.4) is 0 Å². The summed E-state index contributed by atoms with van der Waals surface area (Å²) in [5.74, 6) is -0.405. The van der Waals surface area contributed by atoms with Gasteiger partial charge in [-0.1, -0.05) is 27.5 Å². The van der Waals surface area contributed by atoms with E-state index >= 15 is 0 Å². The number of carbonyl (C=O) groups is 3. The van der Waals surface area contributed by atoms with E-state index in [9.17, 15) is 22.8 Å². The Morgan fingerprint density at radius 2 is 1.67 bits per heavy atom. The Labute approximate surface area is 291 Å². The van der Waals surface area contributed by atoms with Crippen LogP contribution in [-0.2, 0) is 26.0 Å². The number of piperazine rings is 1. The van der Waals surface area contributed by atoms with E-state index in [4.69, 9.17) is 21.1 Å². The van der Waals surface area contributed by atoms with Gasteiger partial charge in [-0.15, -0.1) is 0 Å². The zero-order valence-corrected chi connectivity index (χ0v) is 29.8. The summed E-state index contributed by atoms with van der Waals surface area (Å²) >= 11 is 9.91. The Balaban J connectivity index is 1.33. The van der Waals surface area contributed by atoms with E-state index in [1.54, 1.807) is 60.9 Å². The first-order chi connectivity index (χ1) is 22.7. The van der Waals surface area contributed by atoms with Crippen LogP contribution in [0.25, 0.3) is 22.2 Å². The maximum absolute atomic E-state index is 13.9. The molecule has 2 aromatic carbocycles. The smallest absolute Gasteiger partial charge is 0.410 e. The molecule has 0 saturated carbocycles. The number of fused-ring (bicyclic) bond motifs is 2. The third-order valence-electron chi connectivity index (χ3n) is 8.08. The first kappa shape index (κ1) is 33.7. The molecule has 0 radical (unpaired) electrons. The van der Waals surface area contributed by atoms with Crippen molar-refractivity contribution in [2.75, 3.05) is 33.2 Å². The Morgan fingerprint density at radius 3 is 2.31 bits per heavy atom. The molecule has 252 valence electrons. The molecule has 2 aromatic heterocycles. The number of rotatable bonds is 5. The van der Waals surface area contributed by atoms with E-state index in [2.05, 4.69) is 26.2 Å². The number of carbonyl (C=O) groups excluding carboxylic acids is 3. The number of benzene rings is 2. The molecule has 15 heteroatoms. The zero-order chi connectivity index (χ0) is 34.5. The number of ether oxygens (including phenoxy) is 2. The fourth-order valence-electron chi connectivity index (χ4n) is 5.85. The molecule has 12 nitrogen and oxygen atoms in total. The van der Waals surface area contributed by atoms with Gasteiger partial charge in [-0.3, -0.25) is 9.59 Å². The van der Waals surface area contributed by atoms with Crippen molar-refractivity contribution in [1.82, 2.24) is 24.1 Å². The molecular formula is C33H33BrClN5O7S. The molecule has 4 aromatic rings. The van der Waals surface area contributed by atoms with Crippen molar-refractivity contribution in [2.24, 2.45) is 0 Å². The SMILES string of the molecule is CNC(=O)c1cc2c(-c3cc(Cl)cc4c3OC(C(=O)N3CCN(C(=O)OC(C)(C)C)CC3)C4)ccnc2n1S(=O)(=O)c1ccc(Br)cc1. The van der Waals surface area contributed by atoms with Gasteiger partial charge in [0, 0.05) is 71.9 Å². The summed E-state index contributed by atoms with van der Waals surface area (Å²) in [5.41, 5.74) is 1.04. The number of hydrogen-bond donors (Lipinski definition) is 1. The summed E-state index contributed by atoms with van der Waals surface area (Å²) in [7, 11) is -2.85. The van der Waals surface area contributed by atoms with Crippen molar-refractivity contribution in [3.8, 4) is 16.9 Å². The molecule has 0 aliphatic carbocycles. The predicted octanol–water partition coefficient (Wildman–Crippen LogP) is 5.10. The topological polar surface area (TPSA) is 140 Å². The fourth-order valence-corrected chi connectivity index (χ4v) is 7.82. The van der Waals surface area contributed by atoms with Crippen LogP contribution in [0.2, 0.25) is 5.02 Å². The van der Waals surface area contributed by atoms with Crippen LogP contribution in [0.15, 0.2) is 64.1 Å². The van der Waals surface area contributed by atoms with Gasteiger partial charge < -0.3 is 24.6 Å². The largest absolute Gasteiger partial charge is 0.479 e. The van der Waals surface area contributed by atoms with E-state index in [-0.39, 0.29) is 28.6 Å². The van der Waals surface area contributed by atoms with Crippen molar-refractivity contribution in [3.63, 3.8) is 0 Å². The van der Waals surface area contributed by atoms with Crippen molar-refractivity contribution < 1.29 is 32.3 Å². The van der Waals surface area contributed by atoms with E-state index < -0.39 is 33.7 Å². The van der Waals surface area contributed by atoms with E-state index in [0.717, 1.165) is 3.97 Å². The molecule has 0 spiro atoms. The summed E-state index contributed by atoms with van der Waals surface area (Å²) < 4.78 is 41.3. The minimum Gasteiger partial charge on any atom is -0.479 e. The molecule has 3 amide bonds. The molecule has 4 heterocycles. The third-order valence-corrected chi connectivity index (χ3v) is 10.5. The lowest BCUT2D eigenvalue weighted by Crippen LogP contribution is -2.54. The van der Waals surface area contributed by atoms with Gasteiger partial charge in [0.25, 0.3) is 21.8 Å². The second-order valence-corrected chi connectivity index (χ2v) is 15.6. The molecular weight excluding hydrogens is 726 g/mol. The van der Waals surface area contributed by atoms with Gasteiger partial charge in [0.1, 0.15) is 17.0 Å². The fraction of sp³-hybridized carbons (Fsp3) is 0.333. The van der Waals surface area contributed by atoms with Gasteiger partial charge in [0.15, 0.2) is 11.8 Å². The Kier molecular flexibility index (Phi) is 8.94. The van der Waals surface area contributed by atoms with E-state index in [1.807, 2.05) is 0 Å². The quantitative estimate of drug-likeness (QED) is 0.297. The van der Waals surface area contributed by atoms with Crippen molar-refractivity contribution in [3.05, 3.63) is 75.5 Å². The van der Waals surface area contributed by atoms with Gasteiger partial charge in [-0.2, -0.15) is 0 Å². The molecule has 1 saturated heterocycles. The summed E-state index contributed by atoms with van der Waals surface area (Å²) in [6.07, 6.45) is 0.477. The molecule has 1 unspecified atom stereocenters. The monoisotopic (exact) mass is 757 g/mol. The predicted molar refractivity (Wildman–Crippen MR) is 183 cm³/mol. The van der Waals surface area contributed by atoms with Gasteiger partial charge in [0.05, 0.1) is 4.90 Å². The summed E-state index contributed by atoms with van der Waals surface area (Å²) in [5, 5.41) is 3.28. The zero-order valence-electron chi connectivity index (χ0n) is 26.6. The molecule has 1 N–H and O–H groups in total. The van der Waals surface area contributed by atoms with Gasteiger partial charge in [0.2, 0.25) is 0 Å². The second-order valence-electron chi connectivity index (χ2n) is 12.5. The minimum absolute atomic E-state index is 0.0270. The molecule has 2 aliphatic rings. The number of aromatic nitrogens is 2. The van der Waals surface area contributed by atoms with Gasteiger partial charge in [-0.05, 0) is 74.9 Å². The average Bonchev–Trinajstić information content (AvgIpc) is 3.66. The van der Waals surface area contributed by atoms with Crippen molar-refractivity contribution in [2.45, 2.75) is 43.8 Å². The summed E-state index contributed by atoms with van der Waals surface area (Å²) in [6.45, 7) is 6.74. The average molecular weight is 759 g/mol. The maximum atomic E-state index is 13.9. The number of halogens is 2. The number of nitrogens with one attached hydrogen (secondary N) is 1. The van der Waals surface area contributed by atoms with Crippen LogP contribution >= 0.6 is 27.5 Å². The van der Waals surface area contributed by atoms with Crippen LogP contribution in [-0.4, -0.2) is 90.0 Å².